The molecule has 0 spiro atoms. The molecule has 2 amide bonds. The normalized spacial score (nSPS) is 21.0. The highest BCUT2D eigenvalue weighted by Gasteiger charge is 2.29. The van der Waals surface area contributed by atoms with Gasteiger partial charge in [0.05, 0.1) is 5.92 Å². The second kappa shape index (κ2) is 7.29. The van der Waals surface area contributed by atoms with E-state index in [1.165, 1.54) is 5.56 Å². The third-order valence-electron chi connectivity index (χ3n) is 4.48. The molecule has 0 bridgehead atoms. The van der Waals surface area contributed by atoms with E-state index in [0.29, 0.717) is 19.5 Å². The minimum atomic E-state index is -0.816. The van der Waals surface area contributed by atoms with Crippen molar-refractivity contribution in [2.45, 2.75) is 38.6 Å². The van der Waals surface area contributed by atoms with Crippen LogP contribution < -0.4 is 5.32 Å². The SMILES string of the molecule is CC(NC(=O)N1CCCC(C(=O)O)C1)C(C)c1ccccc1. The van der Waals surface area contributed by atoms with Gasteiger partial charge in [0.25, 0.3) is 0 Å². The highest BCUT2D eigenvalue weighted by atomic mass is 16.4. The summed E-state index contributed by atoms with van der Waals surface area (Å²) in [7, 11) is 0. The summed E-state index contributed by atoms with van der Waals surface area (Å²) in [5, 5.41) is 12.1. The minimum absolute atomic E-state index is 0.0138. The fraction of sp³-hybridized carbons (Fsp3) is 0.529. The maximum absolute atomic E-state index is 12.3. The summed E-state index contributed by atoms with van der Waals surface area (Å²) in [5.41, 5.74) is 1.18. The molecule has 5 heteroatoms. The summed E-state index contributed by atoms with van der Waals surface area (Å²) < 4.78 is 0. The quantitative estimate of drug-likeness (QED) is 0.898. The Morgan fingerprint density at radius 2 is 1.95 bits per heavy atom. The predicted molar refractivity (Wildman–Crippen MR) is 84.8 cm³/mol. The van der Waals surface area contributed by atoms with Crippen LogP contribution in [0.4, 0.5) is 4.79 Å². The number of hydrogen-bond acceptors (Lipinski definition) is 2. The zero-order chi connectivity index (χ0) is 16.1. The van der Waals surface area contributed by atoms with E-state index in [9.17, 15) is 9.59 Å². The number of carboxylic acids is 1. The Bertz CT molecular complexity index is 518. The van der Waals surface area contributed by atoms with Gasteiger partial charge in [-0.15, -0.1) is 0 Å². The van der Waals surface area contributed by atoms with Crippen LogP contribution in [-0.2, 0) is 4.79 Å². The van der Waals surface area contributed by atoms with Gasteiger partial charge in [0.15, 0.2) is 0 Å². The molecule has 22 heavy (non-hydrogen) atoms. The highest BCUT2D eigenvalue weighted by Crippen LogP contribution is 2.20. The molecular formula is C17H24N2O3. The molecule has 0 aromatic heterocycles. The lowest BCUT2D eigenvalue weighted by atomic mass is 9.94. The molecule has 1 aromatic rings. The van der Waals surface area contributed by atoms with Crippen LogP contribution in [-0.4, -0.2) is 41.1 Å². The number of piperidine rings is 1. The summed E-state index contributed by atoms with van der Waals surface area (Å²) in [6.07, 6.45) is 1.39. The molecule has 1 aliphatic heterocycles. The number of benzene rings is 1. The van der Waals surface area contributed by atoms with Crippen molar-refractivity contribution in [1.82, 2.24) is 10.2 Å². The van der Waals surface area contributed by atoms with Gasteiger partial charge in [-0.3, -0.25) is 4.79 Å². The molecule has 1 fully saturated rings. The van der Waals surface area contributed by atoms with Gasteiger partial charge in [-0.25, -0.2) is 4.79 Å². The van der Waals surface area contributed by atoms with E-state index in [1.807, 2.05) is 25.1 Å². The van der Waals surface area contributed by atoms with E-state index < -0.39 is 11.9 Å². The Morgan fingerprint density at radius 3 is 2.59 bits per heavy atom. The topological polar surface area (TPSA) is 69.6 Å². The molecule has 1 heterocycles. The summed E-state index contributed by atoms with van der Waals surface area (Å²) in [6.45, 7) is 4.99. The molecule has 1 aliphatic rings. The van der Waals surface area contributed by atoms with Crippen LogP contribution in [0, 0.1) is 5.92 Å². The number of carbonyl (C=O) groups excluding carboxylic acids is 1. The molecule has 0 radical (unpaired) electrons. The van der Waals surface area contributed by atoms with Crippen molar-refractivity contribution in [2.75, 3.05) is 13.1 Å². The second-order valence-corrected chi connectivity index (χ2v) is 6.06. The fourth-order valence-corrected chi connectivity index (χ4v) is 2.82. The predicted octanol–water partition coefficient (Wildman–Crippen LogP) is 2.68. The maximum atomic E-state index is 12.3. The van der Waals surface area contributed by atoms with E-state index in [0.717, 1.165) is 6.42 Å². The summed E-state index contributed by atoms with van der Waals surface area (Å²) in [6, 6.07) is 9.87. The molecular weight excluding hydrogens is 280 g/mol. The molecule has 3 unspecified atom stereocenters. The van der Waals surface area contributed by atoms with Crippen molar-refractivity contribution in [1.29, 1.82) is 0 Å². The monoisotopic (exact) mass is 304 g/mol. The fourth-order valence-electron chi connectivity index (χ4n) is 2.82. The first-order chi connectivity index (χ1) is 10.5. The van der Waals surface area contributed by atoms with Crippen molar-refractivity contribution >= 4 is 12.0 Å². The minimum Gasteiger partial charge on any atom is -0.481 e. The number of nitrogens with zero attached hydrogens (tertiary/aromatic N) is 1. The van der Waals surface area contributed by atoms with E-state index in [-0.39, 0.29) is 18.0 Å². The van der Waals surface area contributed by atoms with Crippen molar-refractivity contribution in [3.63, 3.8) is 0 Å². The van der Waals surface area contributed by atoms with E-state index in [4.69, 9.17) is 5.11 Å². The van der Waals surface area contributed by atoms with Crippen LogP contribution >= 0.6 is 0 Å². The van der Waals surface area contributed by atoms with Gasteiger partial charge in [0, 0.05) is 25.0 Å². The van der Waals surface area contributed by atoms with E-state index in [1.54, 1.807) is 4.90 Å². The summed E-state index contributed by atoms with van der Waals surface area (Å²) >= 11 is 0. The molecule has 120 valence electrons. The van der Waals surface area contributed by atoms with Gasteiger partial charge in [-0.1, -0.05) is 37.3 Å². The average molecular weight is 304 g/mol. The van der Waals surface area contributed by atoms with Gasteiger partial charge < -0.3 is 15.3 Å². The third-order valence-corrected chi connectivity index (χ3v) is 4.48. The average Bonchev–Trinajstić information content (AvgIpc) is 2.54. The molecule has 0 saturated carbocycles. The van der Waals surface area contributed by atoms with Gasteiger partial charge in [0.1, 0.15) is 0 Å². The third kappa shape index (κ3) is 4.00. The van der Waals surface area contributed by atoms with Crippen LogP contribution in [0.25, 0.3) is 0 Å². The summed E-state index contributed by atoms with van der Waals surface area (Å²) in [5.74, 6) is -1.06. The first kappa shape index (κ1) is 16.3. The van der Waals surface area contributed by atoms with Crippen molar-refractivity contribution in [2.24, 2.45) is 5.92 Å². The number of amides is 2. The Kier molecular flexibility index (Phi) is 5.41. The van der Waals surface area contributed by atoms with Gasteiger partial charge in [0.2, 0.25) is 0 Å². The number of carbonyl (C=O) groups is 2. The lowest BCUT2D eigenvalue weighted by Gasteiger charge is -2.32. The number of aliphatic carboxylic acids is 1. The Hall–Kier alpha value is -2.04. The number of rotatable bonds is 4. The Labute approximate surface area is 131 Å². The molecule has 1 aromatic carbocycles. The van der Waals surface area contributed by atoms with Crippen molar-refractivity contribution < 1.29 is 14.7 Å². The molecule has 3 atom stereocenters. The Balaban J connectivity index is 1.92. The van der Waals surface area contributed by atoms with E-state index >= 15 is 0 Å². The highest BCUT2D eigenvalue weighted by molar-refractivity contribution is 5.76. The zero-order valence-electron chi connectivity index (χ0n) is 13.2. The standard InChI is InChI=1S/C17H24N2O3/c1-12(14-7-4-3-5-8-14)13(2)18-17(22)19-10-6-9-15(11-19)16(20)21/h3-5,7-8,12-13,15H,6,9-11H2,1-2H3,(H,18,22)(H,20,21). The number of likely N-dealkylation sites (tertiary alicyclic amines) is 1. The lowest BCUT2D eigenvalue weighted by Crippen LogP contribution is -2.50. The lowest BCUT2D eigenvalue weighted by molar-refractivity contribution is -0.143. The first-order valence-corrected chi connectivity index (χ1v) is 7.82. The molecule has 1 saturated heterocycles. The number of urea groups is 1. The Morgan fingerprint density at radius 1 is 1.27 bits per heavy atom. The zero-order valence-corrected chi connectivity index (χ0v) is 13.2. The number of nitrogens with one attached hydrogen (secondary N) is 1. The van der Waals surface area contributed by atoms with Crippen LogP contribution in [0.5, 0.6) is 0 Å². The number of hydrogen-bond donors (Lipinski definition) is 2. The van der Waals surface area contributed by atoms with Crippen LogP contribution in [0.3, 0.4) is 0 Å². The van der Waals surface area contributed by atoms with E-state index in [2.05, 4.69) is 24.4 Å². The molecule has 5 nitrogen and oxygen atoms in total. The first-order valence-electron chi connectivity index (χ1n) is 7.82. The van der Waals surface area contributed by atoms with Crippen molar-refractivity contribution in [3.8, 4) is 0 Å². The molecule has 2 rings (SSSR count). The molecule has 2 N–H and O–H groups in total. The van der Waals surface area contributed by atoms with Gasteiger partial charge in [-0.2, -0.15) is 0 Å². The summed E-state index contributed by atoms with van der Waals surface area (Å²) in [4.78, 5) is 25.0. The van der Waals surface area contributed by atoms with Gasteiger partial charge in [-0.05, 0) is 25.3 Å². The maximum Gasteiger partial charge on any atom is 0.317 e. The van der Waals surface area contributed by atoms with Crippen LogP contribution in [0.15, 0.2) is 30.3 Å². The van der Waals surface area contributed by atoms with Crippen LogP contribution in [0.2, 0.25) is 0 Å². The largest absolute Gasteiger partial charge is 0.481 e. The van der Waals surface area contributed by atoms with Crippen molar-refractivity contribution in [3.05, 3.63) is 35.9 Å². The van der Waals surface area contributed by atoms with Gasteiger partial charge >= 0.3 is 12.0 Å². The molecule has 0 aliphatic carbocycles. The van der Waals surface area contributed by atoms with Crippen LogP contribution in [0.1, 0.15) is 38.2 Å². The smallest absolute Gasteiger partial charge is 0.317 e. The second-order valence-electron chi connectivity index (χ2n) is 6.06. The number of carboxylic acid groups (broad SMARTS) is 1.